The van der Waals surface area contributed by atoms with Crippen LogP contribution in [0.5, 0.6) is 0 Å². The van der Waals surface area contributed by atoms with Crippen LogP contribution in [0.2, 0.25) is 0 Å². The molecule has 0 aliphatic heterocycles. The molecule has 0 saturated heterocycles. The molecule has 0 unspecified atom stereocenters. The molecule has 0 aliphatic carbocycles. The highest BCUT2D eigenvalue weighted by Crippen LogP contribution is 2.22. The van der Waals surface area contributed by atoms with Gasteiger partial charge in [0.1, 0.15) is 5.58 Å². The number of hydrogen-bond donors (Lipinski definition) is 0. The van der Waals surface area contributed by atoms with Crippen LogP contribution in [-0.4, -0.2) is 15.7 Å². The molecule has 1 heterocycles. The fraction of sp³-hybridized carbons (Fsp3) is 0.154. The largest absolute Gasteiger partial charge is 0.464 e. The lowest BCUT2D eigenvalue weighted by Gasteiger charge is -2.23. The molecule has 0 saturated carbocycles. The second-order valence-electron chi connectivity index (χ2n) is 7.99. The number of carbonyl (C=O) groups excluding carboxylic acids is 1. The average Bonchev–Trinajstić information content (AvgIpc) is 2.81. The quantitative estimate of drug-likeness (QED) is 0.304. The molecule has 0 N–H and O–H groups in total. The summed E-state index contributed by atoms with van der Waals surface area (Å²) in [7, 11) is 0. The van der Waals surface area contributed by atoms with Crippen LogP contribution in [0.3, 0.4) is 0 Å². The first-order chi connectivity index (χ1) is 15.8. The molecule has 4 rings (SSSR count). The van der Waals surface area contributed by atoms with E-state index < -0.39 is 10.8 Å². The zero-order valence-corrected chi connectivity index (χ0v) is 18.3. The molecule has 33 heavy (non-hydrogen) atoms. The topological polar surface area (TPSA) is 93.7 Å². The number of aryl methyl sites for hydroxylation is 2. The van der Waals surface area contributed by atoms with E-state index in [1.807, 2.05) is 43.3 Å². The van der Waals surface area contributed by atoms with E-state index in [9.17, 15) is 19.7 Å². The molecular weight excluding hydrogens is 420 g/mol. The Morgan fingerprint density at radius 1 is 1.00 bits per heavy atom. The minimum atomic E-state index is -0.506. The van der Waals surface area contributed by atoms with Gasteiger partial charge in [-0.25, -0.2) is 0 Å². The third-order valence-electron chi connectivity index (χ3n) is 5.52. The van der Waals surface area contributed by atoms with E-state index in [0.717, 1.165) is 11.1 Å². The zero-order chi connectivity index (χ0) is 23.5. The summed E-state index contributed by atoms with van der Waals surface area (Å²) in [5.74, 6) is -0.411. The number of nitrogens with zero attached hydrogens (tertiary/aromatic N) is 2. The molecule has 7 nitrogen and oxygen atoms in total. The number of nitro groups is 1. The fourth-order valence-electron chi connectivity index (χ4n) is 3.72. The predicted octanol–water partition coefficient (Wildman–Crippen LogP) is 5.16. The highest BCUT2D eigenvalue weighted by Gasteiger charge is 2.22. The van der Waals surface area contributed by atoms with Gasteiger partial charge in [0, 0.05) is 23.7 Å². The standard InChI is InChI=1S/C26H22N2O5/c1-17-8-11-24-22(12-17)25(29)21(16-33-24)15-27(14-19-6-4-3-5-7-19)26(30)20-10-9-18(2)23(13-20)28(31)32/h3-13,16H,14-15H2,1-2H3. The van der Waals surface area contributed by atoms with Crippen molar-refractivity contribution in [3.05, 3.63) is 121 Å². The predicted molar refractivity (Wildman–Crippen MR) is 125 cm³/mol. The number of nitro benzene ring substituents is 1. The number of rotatable bonds is 6. The van der Waals surface area contributed by atoms with Crippen molar-refractivity contribution in [2.75, 3.05) is 0 Å². The Labute approximate surface area is 190 Å². The Kier molecular flexibility index (Phi) is 6.04. The van der Waals surface area contributed by atoms with E-state index in [-0.39, 0.29) is 29.8 Å². The third-order valence-corrected chi connectivity index (χ3v) is 5.52. The van der Waals surface area contributed by atoms with Crippen molar-refractivity contribution in [1.29, 1.82) is 0 Å². The second-order valence-corrected chi connectivity index (χ2v) is 7.99. The van der Waals surface area contributed by atoms with Crippen LogP contribution in [0, 0.1) is 24.0 Å². The van der Waals surface area contributed by atoms with Gasteiger partial charge in [-0.1, -0.05) is 48.0 Å². The summed E-state index contributed by atoms with van der Waals surface area (Å²) in [4.78, 5) is 38.9. The van der Waals surface area contributed by atoms with Crippen LogP contribution in [0.25, 0.3) is 11.0 Å². The van der Waals surface area contributed by atoms with Crippen LogP contribution in [-0.2, 0) is 13.1 Å². The first-order valence-electron chi connectivity index (χ1n) is 10.4. The molecule has 0 radical (unpaired) electrons. The normalized spacial score (nSPS) is 10.8. The Bertz CT molecular complexity index is 1410. The summed E-state index contributed by atoms with van der Waals surface area (Å²) in [6.45, 7) is 3.74. The van der Waals surface area contributed by atoms with Crippen LogP contribution >= 0.6 is 0 Å². The molecule has 1 amide bonds. The average molecular weight is 442 g/mol. The maximum absolute atomic E-state index is 13.4. The first-order valence-corrected chi connectivity index (χ1v) is 10.4. The summed E-state index contributed by atoms with van der Waals surface area (Å²) in [6.07, 6.45) is 1.38. The fourth-order valence-corrected chi connectivity index (χ4v) is 3.72. The van der Waals surface area contributed by atoms with Gasteiger partial charge in [-0.2, -0.15) is 0 Å². The minimum Gasteiger partial charge on any atom is -0.464 e. The van der Waals surface area contributed by atoms with Crippen LogP contribution < -0.4 is 5.43 Å². The lowest BCUT2D eigenvalue weighted by Crippen LogP contribution is -2.32. The van der Waals surface area contributed by atoms with Crippen molar-refractivity contribution >= 4 is 22.6 Å². The summed E-state index contributed by atoms with van der Waals surface area (Å²) >= 11 is 0. The van der Waals surface area contributed by atoms with E-state index in [2.05, 4.69) is 0 Å². The lowest BCUT2D eigenvalue weighted by atomic mass is 10.1. The van der Waals surface area contributed by atoms with Crippen molar-refractivity contribution < 1.29 is 14.1 Å². The van der Waals surface area contributed by atoms with Gasteiger partial charge >= 0.3 is 0 Å². The number of benzene rings is 3. The molecule has 7 heteroatoms. The number of hydrogen-bond acceptors (Lipinski definition) is 5. The van der Waals surface area contributed by atoms with Crippen molar-refractivity contribution in [3.63, 3.8) is 0 Å². The molecule has 1 aromatic heterocycles. The van der Waals surface area contributed by atoms with Crippen molar-refractivity contribution in [2.45, 2.75) is 26.9 Å². The van der Waals surface area contributed by atoms with Crippen molar-refractivity contribution in [1.82, 2.24) is 4.90 Å². The van der Waals surface area contributed by atoms with Gasteiger partial charge in [0.2, 0.25) is 0 Å². The Balaban J connectivity index is 1.74. The molecule has 0 aliphatic rings. The van der Waals surface area contributed by atoms with Crippen LogP contribution in [0.1, 0.15) is 32.6 Å². The molecular formula is C26H22N2O5. The number of amides is 1. The van der Waals surface area contributed by atoms with Gasteiger partial charge in [-0.15, -0.1) is 0 Å². The van der Waals surface area contributed by atoms with Gasteiger partial charge in [-0.3, -0.25) is 19.7 Å². The molecule has 0 spiro atoms. The summed E-state index contributed by atoms with van der Waals surface area (Å²) in [5.41, 5.74) is 2.93. The SMILES string of the molecule is Cc1ccc2occ(CN(Cc3ccccc3)C(=O)c3ccc(C)c([N+](=O)[O-])c3)c(=O)c2c1. The lowest BCUT2D eigenvalue weighted by molar-refractivity contribution is -0.385. The Hall–Kier alpha value is -4.26. The van der Waals surface area contributed by atoms with Crippen molar-refractivity contribution in [2.24, 2.45) is 0 Å². The van der Waals surface area contributed by atoms with Crippen molar-refractivity contribution in [3.8, 4) is 0 Å². The van der Waals surface area contributed by atoms with Gasteiger partial charge in [0.05, 0.1) is 28.7 Å². The summed E-state index contributed by atoms with van der Waals surface area (Å²) < 4.78 is 5.65. The molecule has 3 aromatic carbocycles. The van der Waals surface area contributed by atoms with Gasteiger partial charge < -0.3 is 9.32 Å². The highest BCUT2D eigenvalue weighted by atomic mass is 16.6. The molecule has 166 valence electrons. The first kappa shape index (κ1) is 22.0. The Morgan fingerprint density at radius 2 is 1.76 bits per heavy atom. The maximum Gasteiger partial charge on any atom is 0.273 e. The van der Waals surface area contributed by atoms with Gasteiger partial charge in [0.25, 0.3) is 11.6 Å². The third kappa shape index (κ3) is 4.67. The Morgan fingerprint density at radius 3 is 2.48 bits per heavy atom. The van der Waals surface area contributed by atoms with E-state index in [4.69, 9.17) is 4.42 Å². The van der Waals surface area contributed by atoms with Crippen LogP contribution in [0.15, 0.2) is 82.2 Å². The second kappa shape index (κ2) is 9.08. The van der Waals surface area contributed by atoms with E-state index in [1.165, 1.54) is 17.2 Å². The molecule has 0 atom stereocenters. The van der Waals surface area contributed by atoms with Crippen LogP contribution in [0.4, 0.5) is 5.69 Å². The van der Waals surface area contributed by atoms with E-state index >= 15 is 0 Å². The van der Waals surface area contributed by atoms with Gasteiger partial charge in [0.15, 0.2) is 5.43 Å². The summed E-state index contributed by atoms with van der Waals surface area (Å²) in [6, 6.07) is 19.1. The summed E-state index contributed by atoms with van der Waals surface area (Å²) in [5, 5.41) is 11.8. The maximum atomic E-state index is 13.4. The minimum absolute atomic E-state index is 0.00160. The highest BCUT2D eigenvalue weighted by molar-refractivity contribution is 5.95. The number of carbonyl (C=O) groups is 1. The van der Waals surface area contributed by atoms with E-state index in [1.54, 1.807) is 31.2 Å². The number of fused-ring (bicyclic) bond motifs is 1. The van der Waals surface area contributed by atoms with E-state index in [0.29, 0.717) is 22.1 Å². The zero-order valence-electron chi connectivity index (χ0n) is 18.3. The monoisotopic (exact) mass is 442 g/mol. The molecule has 0 bridgehead atoms. The molecule has 0 fully saturated rings. The smallest absolute Gasteiger partial charge is 0.273 e. The van der Waals surface area contributed by atoms with Gasteiger partial charge in [-0.05, 0) is 37.6 Å². The molecule has 4 aromatic rings.